The Labute approximate surface area is 780 Å². The first-order valence-corrected chi connectivity index (χ1v) is 48.1. The third-order valence-electron chi connectivity index (χ3n) is 20.9. The lowest BCUT2D eigenvalue weighted by atomic mass is 9.97. The van der Waals surface area contributed by atoms with Gasteiger partial charge in [0.1, 0.15) is 85.1 Å². The van der Waals surface area contributed by atoms with Gasteiger partial charge in [0.15, 0.2) is 18.9 Å². The minimum Gasteiger partial charge on any atom is -0.396 e. The van der Waals surface area contributed by atoms with Crippen molar-refractivity contribution in [1.82, 2.24) is 47.9 Å². The Morgan fingerprint density at radius 1 is 0.338 bits per heavy atom. The van der Waals surface area contributed by atoms with Gasteiger partial charge in [-0.2, -0.15) is 0 Å². The largest absolute Gasteiger partial charge is 0.471 e. The van der Waals surface area contributed by atoms with E-state index in [1.165, 1.54) is 20.8 Å². The summed E-state index contributed by atoms with van der Waals surface area (Å²) in [6.07, 6.45) is -3.50. The number of aliphatic hydroxyl groups is 10. The third kappa shape index (κ3) is 58.1. The molecule has 0 aromatic rings. The summed E-state index contributed by atoms with van der Waals surface area (Å²) in [5, 5.41) is 125. The maximum atomic E-state index is 14.4. The lowest BCUT2D eigenvalue weighted by molar-refractivity contribution is -0.272. The molecule has 3 aliphatic rings. The number of carbonyl (C=O) groups is 9. The van der Waals surface area contributed by atoms with Crippen LogP contribution in [-0.2, 0) is 128 Å². The average molecular weight is 1950 g/mol. The highest BCUT2D eigenvalue weighted by atomic mass is 31.2. The van der Waals surface area contributed by atoms with Crippen LogP contribution in [0.1, 0.15) is 176 Å². The van der Waals surface area contributed by atoms with Crippen LogP contribution in [0, 0.1) is 5.92 Å². The Hall–Kier alpha value is -5.66. The zero-order chi connectivity index (χ0) is 98.2. The molecule has 133 heavy (non-hydrogen) atoms. The van der Waals surface area contributed by atoms with Gasteiger partial charge in [0.05, 0.1) is 165 Å². The molecular weight excluding hydrogens is 1790 g/mol. The summed E-state index contributed by atoms with van der Waals surface area (Å²) >= 11 is 0. The number of hydrogen-bond donors (Lipinski definition) is 20. The van der Waals surface area contributed by atoms with Gasteiger partial charge in [0.2, 0.25) is 53.2 Å². The van der Waals surface area contributed by atoms with Gasteiger partial charge in [-0.3, -0.25) is 52.2 Å². The van der Waals surface area contributed by atoms with Crippen molar-refractivity contribution in [3.8, 4) is 0 Å². The van der Waals surface area contributed by atoms with Crippen molar-refractivity contribution in [1.29, 1.82) is 0 Å². The number of ether oxygens (including phenoxy) is 15. The number of rotatable bonds is 81. The van der Waals surface area contributed by atoms with Crippen molar-refractivity contribution < 1.29 is 184 Å². The molecule has 17 unspecified atom stereocenters. The molecule has 0 radical (unpaired) electrons. The van der Waals surface area contributed by atoms with Crippen molar-refractivity contribution in [2.75, 3.05) is 205 Å². The number of phosphoric acid groups is 1. The number of carbonyl (C=O) groups excluding carboxylic acids is 9. The van der Waals surface area contributed by atoms with Crippen LogP contribution < -0.4 is 47.9 Å². The van der Waals surface area contributed by atoms with Crippen LogP contribution in [0.3, 0.4) is 0 Å². The van der Waals surface area contributed by atoms with Crippen molar-refractivity contribution in [2.45, 2.75) is 280 Å². The maximum Gasteiger partial charge on any atom is 0.471 e. The highest BCUT2D eigenvalue weighted by molar-refractivity contribution is 7.47. The van der Waals surface area contributed by atoms with Crippen LogP contribution in [0.25, 0.3) is 0 Å². The standard InChI is InChI=1S/C83H154N9O38P.C2H6/c1-57(97)88-70-76(107)73(104)63(53-94)128-81(70)124-49-46-121-43-40-118-37-34-115-31-24-67(101)85-28-18-14-21-61(79(110)87-30-16-11-9-7-5-6-8-10-12-23-66(100)84-27-17-13-20-60(52-93)56-127-131(112,113)114-4)92-80(111)62(91-69(103)26-33-117-36-39-120-42-45-123-48-51-126-83-72(90-59(3)99)78(109)75(106)65(55-96)130-83)22-15-19-29-86-68(102)25-32-116-35-38-119-41-44-122-47-50-125-82-71(89-58(2)98)77(108)74(105)64(54-95)129-82;1-2/h60-65,70-78,81-83,93-96,104-109H,5-56H2,1-4H3,(H,84,100)(H,85,101)(H,86,102)(H,87,110)(H,88,97)(H,89,98)(H,90,99)(H,91,103)(H,92,111)(H,112,113);1-2H3/t60?,61-,62-,63?,64?,65?,70?,71?,72?,73?,74?,75?,76?,77?,78?,81?,82?,83?;/m0./s1. The van der Waals surface area contributed by atoms with E-state index < -0.39 is 167 Å². The van der Waals surface area contributed by atoms with E-state index in [0.29, 0.717) is 70.9 Å². The van der Waals surface area contributed by atoms with Crippen LogP contribution in [-0.4, -0.2) is 418 Å². The Bertz CT molecular complexity index is 3110. The second-order valence-electron chi connectivity index (χ2n) is 31.6. The van der Waals surface area contributed by atoms with Gasteiger partial charge < -0.3 is 175 Å². The molecule has 19 atom stereocenters. The van der Waals surface area contributed by atoms with Crippen LogP contribution in [0.5, 0.6) is 0 Å². The second-order valence-corrected chi connectivity index (χ2v) is 33.2. The summed E-state index contributed by atoms with van der Waals surface area (Å²) in [5.74, 6) is -3.99. The van der Waals surface area contributed by atoms with Gasteiger partial charge >= 0.3 is 7.82 Å². The quantitative estimate of drug-likeness (QED) is 0.0207. The molecular formula is C85H160N9O38P. The van der Waals surface area contributed by atoms with Crippen molar-refractivity contribution in [3.63, 3.8) is 0 Å². The number of nitrogens with one attached hydrogen (secondary N) is 9. The first kappa shape index (κ1) is 123. The molecule has 9 amide bonds. The molecule has 0 aromatic carbocycles. The van der Waals surface area contributed by atoms with Gasteiger partial charge in [-0.1, -0.05) is 65.2 Å². The van der Waals surface area contributed by atoms with E-state index in [-0.39, 0.29) is 221 Å². The molecule has 48 heteroatoms. The molecule has 3 rings (SSSR count). The van der Waals surface area contributed by atoms with Crippen LogP contribution in [0.4, 0.5) is 0 Å². The Balaban J connectivity index is 0.0000297. The molecule has 0 bridgehead atoms. The third-order valence-corrected chi connectivity index (χ3v) is 21.8. The van der Waals surface area contributed by atoms with E-state index >= 15 is 0 Å². The van der Waals surface area contributed by atoms with E-state index in [2.05, 4.69) is 52.4 Å². The topological polar surface area (TPSA) is 658 Å². The fourth-order valence-electron chi connectivity index (χ4n) is 13.6. The smallest absolute Gasteiger partial charge is 0.396 e. The Morgan fingerprint density at radius 3 is 0.955 bits per heavy atom. The van der Waals surface area contributed by atoms with E-state index in [9.17, 15) is 104 Å². The fraction of sp³-hybridized carbons (Fsp3) is 0.894. The van der Waals surface area contributed by atoms with E-state index in [1.807, 2.05) is 13.8 Å². The molecule has 3 heterocycles. The van der Waals surface area contributed by atoms with E-state index in [0.717, 1.165) is 58.5 Å². The Kier molecular flexibility index (Phi) is 72.5. The minimum atomic E-state index is -4.13. The van der Waals surface area contributed by atoms with Gasteiger partial charge in [0, 0.05) is 92.3 Å². The van der Waals surface area contributed by atoms with Crippen LogP contribution >= 0.6 is 7.82 Å². The van der Waals surface area contributed by atoms with Crippen LogP contribution in [0.2, 0.25) is 0 Å². The molecule has 0 saturated carbocycles. The zero-order valence-electron chi connectivity index (χ0n) is 78.6. The van der Waals surface area contributed by atoms with Crippen molar-refractivity contribution in [2.24, 2.45) is 5.92 Å². The van der Waals surface area contributed by atoms with Gasteiger partial charge in [-0.05, 0) is 64.2 Å². The van der Waals surface area contributed by atoms with E-state index in [1.54, 1.807) is 0 Å². The molecule has 778 valence electrons. The zero-order valence-corrected chi connectivity index (χ0v) is 79.4. The average Bonchev–Trinajstić information content (AvgIpc) is 0.816. The van der Waals surface area contributed by atoms with Gasteiger partial charge in [-0.15, -0.1) is 0 Å². The molecule has 3 fully saturated rings. The summed E-state index contributed by atoms with van der Waals surface area (Å²) in [6, 6.07) is -5.45. The van der Waals surface area contributed by atoms with Crippen molar-refractivity contribution >= 4 is 61.0 Å². The lowest BCUT2D eigenvalue weighted by Gasteiger charge is -2.42. The summed E-state index contributed by atoms with van der Waals surface area (Å²) in [4.78, 5) is 125. The summed E-state index contributed by atoms with van der Waals surface area (Å²) < 4.78 is 105. The number of unbranched alkanes of at least 4 members (excludes halogenated alkanes) is 11. The molecule has 20 N–H and O–H groups in total. The molecule has 0 aliphatic carbocycles. The highest BCUT2D eigenvalue weighted by Gasteiger charge is 2.48. The summed E-state index contributed by atoms with van der Waals surface area (Å²) in [5.41, 5.74) is 0. The summed E-state index contributed by atoms with van der Waals surface area (Å²) in [6.45, 7) is 9.27. The number of amides is 9. The van der Waals surface area contributed by atoms with Gasteiger partial charge in [0.25, 0.3) is 0 Å². The Morgan fingerprint density at radius 2 is 0.624 bits per heavy atom. The minimum absolute atomic E-state index is 0.00620. The number of phosphoric ester groups is 1. The van der Waals surface area contributed by atoms with Crippen LogP contribution in [0.15, 0.2) is 0 Å². The number of hydrogen-bond acceptors (Lipinski definition) is 37. The second kappa shape index (κ2) is 78.2. The lowest BCUT2D eigenvalue weighted by Crippen LogP contribution is -2.64. The predicted octanol–water partition coefficient (Wildman–Crippen LogP) is -3.57. The highest BCUT2D eigenvalue weighted by Crippen LogP contribution is 2.42. The maximum absolute atomic E-state index is 14.4. The van der Waals surface area contributed by atoms with E-state index in [4.69, 9.17) is 75.6 Å². The monoisotopic (exact) mass is 1950 g/mol. The van der Waals surface area contributed by atoms with Gasteiger partial charge in [-0.25, -0.2) is 4.57 Å². The SMILES string of the molecule is CC.COP(=O)(O)OCC(CO)CCCCNC(=O)CCCCCCCCCCCNC(=O)[C@H](CCCCNC(=O)CCOCCOCCOCCOC1OC(CO)C(O)C(O)C1NC(C)=O)NC(=O)[C@H](CCCCNC(=O)CCOCCOCCOCCOC1OC(CO)C(O)C(O)C1NC(C)=O)NC(=O)CCOCCOCCOCCOC1OC(CO)C(O)C(O)C1NC(C)=O. The fourth-order valence-corrected chi connectivity index (χ4v) is 14.1. The van der Waals surface area contributed by atoms with Crippen molar-refractivity contribution in [3.05, 3.63) is 0 Å². The molecule has 3 aliphatic heterocycles. The molecule has 47 nitrogen and oxygen atoms in total. The predicted molar refractivity (Wildman–Crippen MR) is 474 cm³/mol. The molecule has 0 aromatic heterocycles. The normalized spacial score (nSPS) is 22.9. The summed E-state index contributed by atoms with van der Waals surface area (Å²) in [7, 11) is -3.07. The number of aliphatic hydroxyl groups excluding tert-OH is 10. The first-order chi connectivity index (χ1) is 64.1. The first-order valence-electron chi connectivity index (χ1n) is 46.6. The molecule has 0 spiro atoms. The molecule has 3 saturated heterocycles.